The molecule has 1 atom stereocenters. The molecule has 0 saturated carbocycles. The SMILES string of the molecule is OCC1CN(CCCOCC(F)(F)F)CCO1. The van der Waals surface area contributed by atoms with Gasteiger partial charge in [0.25, 0.3) is 0 Å². The van der Waals surface area contributed by atoms with E-state index in [2.05, 4.69) is 9.64 Å². The highest BCUT2D eigenvalue weighted by atomic mass is 19.4. The molecule has 1 aliphatic heterocycles. The van der Waals surface area contributed by atoms with Crippen LogP contribution in [-0.4, -0.2) is 68.3 Å². The minimum Gasteiger partial charge on any atom is -0.394 e. The van der Waals surface area contributed by atoms with Crippen molar-refractivity contribution in [3.8, 4) is 0 Å². The molecule has 7 heteroatoms. The van der Waals surface area contributed by atoms with Crippen LogP contribution in [0.15, 0.2) is 0 Å². The molecule has 4 nitrogen and oxygen atoms in total. The molecular weight excluding hydrogens is 239 g/mol. The molecule has 0 aromatic carbocycles. The first kappa shape index (κ1) is 14.7. The maximum Gasteiger partial charge on any atom is 0.411 e. The molecule has 1 aliphatic rings. The fourth-order valence-electron chi connectivity index (χ4n) is 1.67. The van der Waals surface area contributed by atoms with E-state index in [-0.39, 0.29) is 19.3 Å². The van der Waals surface area contributed by atoms with E-state index in [1.165, 1.54) is 0 Å². The first-order valence-corrected chi connectivity index (χ1v) is 5.60. The monoisotopic (exact) mass is 257 g/mol. The van der Waals surface area contributed by atoms with Gasteiger partial charge in [0.15, 0.2) is 0 Å². The lowest BCUT2D eigenvalue weighted by molar-refractivity contribution is -0.174. The molecule has 0 radical (unpaired) electrons. The Kier molecular flexibility index (Phi) is 6.18. The summed E-state index contributed by atoms with van der Waals surface area (Å²) in [5, 5.41) is 8.91. The van der Waals surface area contributed by atoms with Crippen LogP contribution in [0.5, 0.6) is 0 Å². The molecule has 1 fully saturated rings. The van der Waals surface area contributed by atoms with Crippen molar-refractivity contribution in [1.82, 2.24) is 4.90 Å². The largest absolute Gasteiger partial charge is 0.411 e. The molecule has 0 spiro atoms. The summed E-state index contributed by atoms with van der Waals surface area (Å²) in [6.45, 7) is 1.47. The summed E-state index contributed by atoms with van der Waals surface area (Å²) in [7, 11) is 0. The fourth-order valence-corrected chi connectivity index (χ4v) is 1.67. The van der Waals surface area contributed by atoms with E-state index >= 15 is 0 Å². The molecule has 1 heterocycles. The van der Waals surface area contributed by atoms with E-state index < -0.39 is 12.8 Å². The molecule has 102 valence electrons. The van der Waals surface area contributed by atoms with Gasteiger partial charge in [-0.2, -0.15) is 13.2 Å². The highest BCUT2D eigenvalue weighted by Gasteiger charge is 2.27. The third-order valence-corrected chi connectivity index (χ3v) is 2.46. The number of aliphatic hydroxyl groups is 1. The number of nitrogens with zero attached hydrogens (tertiary/aromatic N) is 1. The van der Waals surface area contributed by atoms with Crippen molar-refractivity contribution in [2.75, 3.05) is 46.1 Å². The molecule has 17 heavy (non-hydrogen) atoms. The summed E-state index contributed by atoms with van der Waals surface area (Å²) in [5.74, 6) is 0. The Balaban J connectivity index is 2.02. The Labute approximate surface area is 98.3 Å². The summed E-state index contributed by atoms with van der Waals surface area (Å²) < 4.78 is 45.0. The van der Waals surface area contributed by atoms with E-state index in [0.29, 0.717) is 26.1 Å². The number of alkyl halides is 3. The second kappa shape index (κ2) is 7.15. The number of ether oxygens (including phenoxy) is 2. The Hall–Kier alpha value is -0.370. The van der Waals surface area contributed by atoms with Crippen molar-refractivity contribution < 1.29 is 27.8 Å². The zero-order chi connectivity index (χ0) is 12.7. The Bertz CT molecular complexity index is 213. The average Bonchev–Trinajstić information content (AvgIpc) is 2.27. The lowest BCUT2D eigenvalue weighted by Gasteiger charge is -2.31. The molecule has 0 bridgehead atoms. The molecule has 1 unspecified atom stereocenters. The van der Waals surface area contributed by atoms with E-state index in [1.807, 2.05) is 0 Å². The van der Waals surface area contributed by atoms with Crippen LogP contribution < -0.4 is 0 Å². The lowest BCUT2D eigenvalue weighted by Crippen LogP contribution is -2.44. The van der Waals surface area contributed by atoms with E-state index in [9.17, 15) is 13.2 Å². The number of hydrogen-bond acceptors (Lipinski definition) is 4. The van der Waals surface area contributed by atoms with Gasteiger partial charge < -0.3 is 14.6 Å². The van der Waals surface area contributed by atoms with Gasteiger partial charge in [-0.1, -0.05) is 0 Å². The van der Waals surface area contributed by atoms with Gasteiger partial charge in [-0.05, 0) is 6.42 Å². The molecule has 1 rings (SSSR count). The minimum atomic E-state index is -4.25. The number of aliphatic hydroxyl groups excluding tert-OH is 1. The van der Waals surface area contributed by atoms with Gasteiger partial charge in [-0.3, -0.25) is 4.90 Å². The van der Waals surface area contributed by atoms with Crippen molar-refractivity contribution in [3.05, 3.63) is 0 Å². The highest BCUT2D eigenvalue weighted by molar-refractivity contribution is 4.70. The maximum absolute atomic E-state index is 11.8. The Morgan fingerprint density at radius 2 is 2.18 bits per heavy atom. The van der Waals surface area contributed by atoms with Crippen LogP contribution >= 0.6 is 0 Å². The van der Waals surface area contributed by atoms with E-state index in [0.717, 1.165) is 6.54 Å². The van der Waals surface area contributed by atoms with Gasteiger partial charge >= 0.3 is 6.18 Å². The summed E-state index contributed by atoms with van der Waals surface area (Å²) in [6, 6.07) is 0. The fraction of sp³-hybridized carbons (Fsp3) is 1.00. The zero-order valence-corrected chi connectivity index (χ0v) is 9.58. The van der Waals surface area contributed by atoms with Crippen molar-refractivity contribution >= 4 is 0 Å². The smallest absolute Gasteiger partial charge is 0.394 e. The van der Waals surface area contributed by atoms with Crippen LogP contribution in [0.4, 0.5) is 13.2 Å². The predicted molar refractivity (Wildman–Crippen MR) is 54.8 cm³/mol. The average molecular weight is 257 g/mol. The molecule has 1 saturated heterocycles. The number of morpholine rings is 1. The molecule has 1 N–H and O–H groups in total. The van der Waals surface area contributed by atoms with Crippen LogP contribution in [0.1, 0.15) is 6.42 Å². The Morgan fingerprint density at radius 1 is 1.41 bits per heavy atom. The first-order chi connectivity index (χ1) is 8.01. The minimum absolute atomic E-state index is 0.0267. The van der Waals surface area contributed by atoms with Crippen molar-refractivity contribution in [3.63, 3.8) is 0 Å². The lowest BCUT2D eigenvalue weighted by atomic mass is 10.2. The van der Waals surface area contributed by atoms with Crippen LogP contribution in [0.3, 0.4) is 0 Å². The van der Waals surface area contributed by atoms with Crippen molar-refractivity contribution in [2.45, 2.75) is 18.7 Å². The standard InChI is InChI=1S/C10H18F3NO3/c11-10(12,13)8-16-4-1-2-14-3-5-17-9(6-14)7-15/h9,15H,1-8H2. The summed E-state index contributed by atoms with van der Waals surface area (Å²) in [6.07, 6.45) is -3.88. The number of halogens is 3. The first-order valence-electron chi connectivity index (χ1n) is 5.60. The second-order valence-electron chi connectivity index (χ2n) is 4.00. The van der Waals surface area contributed by atoms with Gasteiger partial charge in [-0.15, -0.1) is 0 Å². The van der Waals surface area contributed by atoms with Gasteiger partial charge in [0.2, 0.25) is 0 Å². The summed E-state index contributed by atoms with van der Waals surface area (Å²) in [5.41, 5.74) is 0. The second-order valence-corrected chi connectivity index (χ2v) is 4.00. The van der Waals surface area contributed by atoms with E-state index in [4.69, 9.17) is 9.84 Å². The maximum atomic E-state index is 11.8. The Morgan fingerprint density at radius 3 is 2.82 bits per heavy atom. The third-order valence-electron chi connectivity index (χ3n) is 2.46. The highest BCUT2D eigenvalue weighted by Crippen LogP contribution is 2.14. The normalized spacial score (nSPS) is 22.9. The molecule has 0 aromatic heterocycles. The van der Waals surface area contributed by atoms with Gasteiger partial charge in [0, 0.05) is 26.2 Å². The number of rotatable bonds is 6. The quantitative estimate of drug-likeness (QED) is 0.709. The van der Waals surface area contributed by atoms with E-state index in [1.54, 1.807) is 0 Å². The zero-order valence-electron chi connectivity index (χ0n) is 9.58. The van der Waals surface area contributed by atoms with Gasteiger partial charge in [0.05, 0.1) is 19.3 Å². The predicted octanol–water partition coefficient (Wildman–Crippen LogP) is 0.648. The van der Waals surface area contributed by atoms with Crippen LogP contribution in [0.2, 0.25) is 0 Å². The summed E-state index contributed by atoms with van der Waals surface area (Å²) >= 11 is 0. The van der Waals surface area contributed by atoms with Crippen molar-refractivity contribution in [1.29, 1.82) is 0 Å². The van der Waals surface area contributed by atoms with Crippen LogP contribution in [0, 0.1) is 0 Å². The summed E-state index contributed by atoms with van der Waals surface area (Å²) in [4.78, 5) is 2.06. The topological polar surface area (TPSA) is 41.9 Å². The molecular formula is C10H18F3NO3. The van der Waals surface area contributed by atoms with Gasteiger partial charge in [-0.25, -0.2) is 0 Å². The number of hydrogen-bond donors (Lipinski definition) is 1. The van der Waals surface area contributed by atoms with Crippen LogP contribution in [-0.2, 0) is 9.47 Å². The van der Waals surface area contributed by atoms with Crippen LogP contribution in [0.25, 0.3) is 0 Å². The molecule has 0 amide bonds. The third kappa shape index (κ3) is 6.82. The van der Waals surface area contributed by atoms with Crippen molar-refractivity contribution in [2.24, 2.45) is 0 Å². The molecule has 0 aromatic rings. The molecule has 0 aliphatic carbocycles. The van der Waals surface area contributed by atoms with Gasteiger partial charge in [0.1, 0.15) is 6.61 Å².